The van der Waals surface area contributed by atoms with Crippen molar-refractivity contribution >= 4 is 10.9 Å². The molecule has 0 bridgehead atoms. The molecule has 1 atom stereocenters. The average Bonchev–Trinajstić information content (AvgIpc) is 3.16. The Morgan fingerprint density at radius 1 is 1.08 bits per heavy atom. The third-order valence-corrected chi connectivity index (χ3v) is 5.29. The number of H-pyrrole nitrogens is 1. The molecule has 1 aliphatic heterocycles. The summed E-state index contributed by atoms with van der Waals surface area (Å²) >= 11 is 0. The Morgan fingerprint density at radius 2 is 1.88 bits per heavy atom. The van der Waals surface area contributed by atoms with E-state index in [9.17, 15) is 0 Å². The fourth-order valence-electron chi connectivity index (χ4n) is 3.78. The molecule has 4 heteroatoms. The van der Waals surface area contributed by atoms with E-state index in [2.05, 4.69) is 70.7 Å². The Morgan fingerprint density at radius 3 is 2.69 bits per heavy atom. The number of hydrogen-bond acceptors (Lipinski definition) is 3. The number of nitrogens with zero attached hydrogens (tertiary/aromatic N) is 1. The minimum absolute atomic E-state index is 0.380. The van der Waals surface area contributed by atoms with Gasteiger partial charge < -0.3 is 15.0 Å². The summed E-state index contributed by atoms with van der Waals surface area (Å²) in [6, 6.07) is 18.0. The molecule has 0 amide bonds. The molecular weight excluding hydrogens is 322 g/mol. The summed E-state index contributed by atoms with van der Waals surface area (Å²) in [4.78, 5) is 5.83. The van der Waals surface area contributed by atoms with Gasteiger partial charge in [-0.2, -0.15) is 0 Å². The van der Waals surface area contributed by atoms with E-state index in [0.717, 1.165) is 39.4 Å². The molecule has 0 radical (unpaired) electrons. The van der Waals surface area contributed by atoms with Gasteiger partial charge in [0.05, 0.1) is 13.2 Å². The quantitative estimate of drug-likeness (QED) is 0.714. The van der Waals surface area contributed by atoms with E-state index < -0.39 is 0 Å². The van der Waals surface area contributed by atoms with Crippen LogP contribution in [0.15, 0.2) is 54.7 Å². The number of aryl methyl sites for hydroxylation is 1. The molecule has 1 aromatic heterocycles. The summed E-state index contributed by atoms with van der Waals surface area (Å²) in [5.74, 6) is 0. The lowest BCUT2D eigenvalue weighted by Crippen LogP contribution is -2.42. The highest BCUT2D eigenvalue weighted by atomic mass is 16.5. The second kappa shape index (κ2) is 8.04. The predicted octanol–water partition coefficient (Wildman–Crippen LogP) is 3.64. The smallest absolute Gasteiger partial charge is 0.0594 e. The highest BCUT2D eigenvalue weighted by Gasteiger charge is 2.22. The molecule has 136 valence electrons. The van der Waals surface area contributed by atoms with Gasteiger partial charge in [-0.15, -0.1) is 0 Å². The van der Waals surface area contributed by atoms with Crippen molar-refractivity contribution in [3.05, 3.63) is 71.4 Å². The van der Waals surface area contributed by atoms with Crippen LogP contribution in [0, 0.1) is 6.92 Å². The molecule has 1 fully saturated rings. The Hall–Kier alpha value is -2.14. The number of aromatic nitrogens is 1. The number of benzene rings is 2. The van der Waals surface area contributed by atoms with Crippen LogP contribution in [-0.4, -0.2) is 42.7 Å². The Bertz CT molecular complexity index is 834. The minimum atomic E-state index is 0.380. The first kappa shape index (κ1) is 17.3. The van der Waals surface area contributed by atoms with Crippen molar-refractivity contribution in [3.63, 3.8) is 0 Å². The molecule has 1 aliphatic rings. The van der Waals surface area contributed by atoms with Crippen LogP contribution in [0.4, 0.5) is 0 Å². The molecule has 0 saturated carbocycles. The Kier molecular flexibility index (Phi) is 5.34. The number of ether oxygens (including phenoxy) is 1. The number of nitrogens with one attached hydrogen (secondary N) is 2. The molecule has 0 aliphatic carbocycles. The summed E-state index contributed by atoms with van der Waals surface area (Å²) in [6.07, 6.45) is 2.01. The minimum Gasteiger partial charge on any atom is -0.379 e. The van der Waals surface area contributed by atoms with E-state index in [1.165, 1.54) is 27.6 Å². The van der Waals surface area contributed by atoms with E-state index >= 15 is 0 Å². The van der Waals surface area contributed by atoms with Crippen molar-refractivity contribution in [1.29, 1.82) is 0 Å². The maximum Gasteiger partial charge on any atom is 0.0594 e. The second-order valence-corrected chi connectivity index (χ2v) is 7.06. The molecule has 3 aromatic rings. The number of aromatic amines is 1. The zero-order chi connectivity index (χ0) is 17.8. The van der Waals surface area contributed by atoms with E-state index in [0.29, 0.717) is 6.04 Å². The van der Waals surface area contributed by atoms with Crippen molar-refractivity contribution in [2.45, 2.75) is 19.5 Å². The van der Waals surface area contributed by atoms with Crippen LogP contribution < -0.4 is 5.32 Å². The molecule has 2 N–H and O–H groups in total. The summed E-state index contributed by atoms with van der Waals surface area (Å²) in [5.41, 5.74) is 5.23. The first-order chi connectivity index (χ1) is 12.8. The highest BCUT2D eigenvalue weighted by Crippen LogP contribution is 2.23. The molecule has 1 unspecified atom stereocenters. The molecule has 26 heavy (non-hydrogen) atoms. The highest BCUT2D eigenvalue weighted by molar-refractivity contribution is 5.82. The number of fused-ring (bicyclic) bond motifs is 1. The normalized spacial score (nSPS) is 16.8. The predicted molar refractivity (Wildman–Crippen MR) is 106 cm³/mol. The molecule has 1 saturated heterocycles. The lowest BCUT2D eigenvalue weighted by atomic mass is 10.0. The summed E-state index contributed by atoms with van der Waals surface area (Å²) in [5, 5.41) is 5.00. The van der Waals surface area contributed by atoms with Crippen LogP contribution >= 0.6 is 0 Å². The van der Waals surface area contributed by atoms with Gasteiger partial charge in [-0.05, 0) is 30.2 Å². The topological polar surface area (TPSA) is 40.3 Å². The van der Waals surface area contributed by atoms with Crippen LogP contribution in [-0.2, 0) is 11.3 Å². The Labute approximate surface area is 155 Å². The van der Waals surface area contributed by atoms with Crippen molar-refractivity contribution in [2.75, 3.05) is 32.8 Å². The first-order valence-electron chi connectivity index (χ1n) is 9.45. The lowest BCUT2D eigenvalue weighted by molar-refractivity contribution is 0.0161. The zero-order valence-electron chi connectivity index (χ0n) is 15.4. The van der Waals surface area contributed by atoms with Gasteiger partial charge in [0, 0.05) is 49.3 Å². The Balaban J connectivity index is 1.47. The van der Waals surface area contributed by atoms with E-state index in [4.69, 9.17) is 4.74 Å². The van der Waals surface area contributed by atoms with Crippen LogP contribution in [0.25, 0.3) is 10.9 Å². The molecule has 2 aromatic carbocycles. The summed E-state index contributed by atoms with van der Waals surface area (Å²) in [6.45, 7) is 7.59. The van der Waals surface area contributed by atoms with Gasteiger partial charge >= 0.3 is 0 Å². The van der Waals surface area contributed by atoms with Crippen LogP contribution in [0.3, 0.4) is 0 Å². The van der Waals surface area contributed by atoms with E-state index in [1.54, 1.807) is 0 Å². The van der Waals surface area contributed by atoms with Gasteiger partial charge in [0.1, 0.15) is 0 Å². The largest absolute Gasteiger partial charge is 0.379 e. The number of rotatable bonds is 6. The fraction of sp³-hybridized carbons (Fsp3) is 0.364. The van der Waals surface area contributed by atoms with Crippen LogP contribution in [0.1, 0.15) is 22.7 Å². The molecule has 0 spiro atoms. The summed E-state index contributed by atoms with van der Waals surface area (Å²) < 4.78 is 5.55. The standard InChI is InChI=1S/C22H27N3O/c1-17-5-7-18(8-6-17)22(25-11-13-26-14-12-25)16-23-15-19-3-2-4-21-20(19)9-10-24-21/h2-10,22-24H,11-16H2,1H3. The molecular formula is C22H27N3O. The van der Waals surface area contributed by atoms with Gasteiger partial charge in [-0.25, -0.2) is 0 Å². The SMILES string of the molecule is Cc1ccc(C(CNCc2cccc3[nH]ccc23)N2CCOCC2)cc1. The monoisotopic (exact) mass is 349 g/mol. The summed E-state index contributed by atoms with van der Waals surface area (Å²) in [7, 11) is 0. The maximum atomic E-state index is 5.55. The van der Waals surface area contributed by atoms with Crippen molar-refractivity contribution in [2.24, 2.45) is 0 Å². The number of morpholine rings is 1. The van der Waals surface area contributed by atoms with Gasteiger partial charge in [-0.3, -0.25) is 4.90 Å². The van der Waals surface area contributed by atoms with Gasteiger partial charge in [-0.1, -0.05) is 42.0 Å². The number of hydrogen-bond donors (Lipinski definition) is 2. The van der Waals surface area contributed by atoms with Gasteiger partial charge in [0.15, 0.2) is 0 Å². The van der Waals surface area contributed by atoms with E-state index in [1.807, 2.05) is 6.20 Å². The molecule has 4 nitrogen and oxygen atoms in total. The molecule has 4 rings (SSSR count). The lowest BCUT2D eigenvalue weighted by Gasteiger charge is -2.35. The third-order valence-electron chi connectivity index (χ3n) is 5.29. The van der Waals surface area contributed by atoms with Gasteiger partial charge in [0.2, 0.25) is 0 Å². The van der Waals surface area contributed by atoms with Crippen molar-refractivity contribution < 1.29 is 4.74 Å². The third kappa shape index (κ3) is 3.83. The van der Waals surface area contributed by atoms with E-state index in [-0.39, 0.29) is 0 Å². The average molecular weight is 349 g/mol. The van der Waals surface area contributed by atoms with Crippen LogP contribution in [0.2, 0.25) is 0 Å². The second-order valence-electron chi connectivity index (χ2n) is 7.06. The zero-order valence-corrected chi connectivity index (χ0v) is 15.4. The molecule has 2 heterocycles. The maximum absolute atomic E-state index is 5.55. The first-order valence-corrected chi connectivity index (χ1v) is 9.45. The van der Waals surface area contributed by atoms with Crippen molar-refractivity contribution in [1.82, 2.24) is 15.2 Å². The van der Waals surface area contributed by atoms with Crippen molar-refractivity contribution in [3.8, 4) is 0 Å². The van der Waals surface area contributed by atoms with Gasteiger partial charge in [0.25, 0.3) is 0 Å². The van der Waals surface area contributed by atoms with Crippen LogP contribution in [0.5, 0.6) is 0 Å². The fourth-order valence-corrected chi connectivity index (χ4v) is 3.78.